The lowest BCUT2D eigenvalue weighted by Gasteiger charge is -2.17. The Bertz CT molecular complexity index is 1100. The highest BCUT2D eigenvalue weighted by molar-refractivity contribution is 5.89. The molecule has 4 aromatic rings. The number of anilines is 1. The van der Waals surface area contributed by atoms with Gasteiger partial charge in [0.05, 0.1) is 23.3 Å². The highest BCUT2D eigenvalue weighted by Gasteiger charge is 2.14. The number of aromatic nitrogens is 5. The molecule has 0 bridgehead atoms. The second-order valence-corrected chi connectivity index (χ2v) is 5.76. The average Bonchev–Trinajstić information content (AvgIpc) is 3.04. The monoisotopic (exact) mass is 320 g/mol. The molecule has 3 heterocycles. The van der Waals surface area contributed by atoms with Crippen LogP contribution in [0.1, 0.15) is 24.4 Å². The van der Waals surface area contributed by atoms with E-state index in [1.165, 1.54) is 6.07 Å². The van der Waals surface area contributed by atoms with E-state index in [4.69, 9.17) is 0 Å². The molecular formula is C17H16N6O. The molecule has 120 valence electrons. The van der Waals surface area contributed by atoms with Crippen molar-refractivity contribution in [1.29, 1.82) is 0 Å². The van der Waals surface area contributed by atoms with Crippen molar-refractivity contribution >= 4 is 27.6 Å². The summed E-state index contributed by atoms with van der Waals surface area (Å²) in [5.41, 5.74) is 2.62. The van der Waals surface area contributed by atoms with Crippen molar-refractivity contribution in [1.82, 2.24) is 25.1 Å². The second-order valence-electron chi connectivity index (χ2n) is 5.76. The smallest absolute Gasteiger partial charge is 0.248 e. The van der Waals surface area contributed by atoms with Crippen molar-refractivity contribution in [2.75, 3.05) is 5.32 Å². The predicted molar refractivity (Wildman–Crippen MR) is 93.0 cm³/mol. The van der Waals surface area contributed by atoms with Crippen LogP contribution in [0.25, 0.3) is 21.8 Å². The van der Waals surface area contributed by atoms with E-state index in [0.29, 0.717) is 22.5 Å². The van der Waals surface area contributed by atoms with Gasteiger partial charge in [-0.05, 0) is 25.5 Å². The van der Waals surface area contributed by atoms with E-state index < -0.39 is 0 Å². The van der Waals surface area contributed by atoms with Crippen molar-refractivity contribution in [2.45, 2.75) is 19.9 Å². The van der Waals surface area contributed by atoms with Crippen LogP contribution in [-0.4, -0.2) is 25.1 Å². The summed E-state index contributed by atoms with van der Waals surface area (Å²) < 4.78 is 0. The lowest BCUT2D eigenvalue weighted by atomic mass is 10.0. The van der Waals surface area contributed by atoms with Crippen LogP contribution in [0.2, 0.25) is 0 Å². The summed E-state index contributed by atoms with van der Waals surface area (Å²) in [6.07, 6.45) is 3.43. The van der Waals surface area contributed by atoms with Crippen molar-refractivity contribution in [3.63, 3.8) is 0 Å². The number of hydrogen-bond acceptors (Lipinski definition) is 5. The molecule has 1 aromatic carbocycles. The zero-order valence-corrected chi connectivity index (χ0v) is 13.3. The van der Waals surface area contributed by atoms with Gasteiger partial charge in [0.2, 0.25) is 5.56 Å². The van der Waals surface area contributed by atoms with Crippen LogP contribution in [-0.2, 0) is 0 Å². The molecule has 0 amide bonds. The Morgan fingerprint density at radius 3 is 2.96 bits per heavy atom. The Hall–Kier alpha value is -3.22. The van der Waals surface area contributed by atoms with Gasteiger partial charge in [0.25, 0.3) is 0 Å². The average molecular weight is 320 g/mol. The van der Waals surface area contributed by atoms with Crippen LogP contribution >= 0.6 is 0 Å². The topological polar surface area (TPSA) is 99.4 Å². The predicted octanol–water partition coefficient (Wildman–Crippen LogP) is 2.68. The summed E-state index contributed by atoms with van der Waals surface area (Å²) in [7, 11) is 0. The van der Waals surface area contributed by atoms with E-state index in [1.54, 1.807) is 6.20 Å². The van der Waals surface area contributed by atoms with Gasteiger partial charge < -0.3 is 10.3 Å². The van der Waals surface area contributed by atoms with E-state index in [2.05, 4.69) is 43.5 Å². The molecule has 0 saturated carbocycles. The van der Waals surface area contributed by atoms with Crippen LogP contribution in [0.15, 0.2) is 41.5 Å². The number of pyridine rings is 1. The number of benzene rings is 1. The van der Waals surface area contributed by atoms with Crippen molar-refractivity contribution in [3.05, 3.63) is 58.4 Å². The molecule has 1 atom stereocenters. The summed E-state index contributed by atoms with van der Waals surface area (Å²) in [5.74, 6) is 1.29. The number of nitrogens with one attached hydrogen (secondary N) is 3. The zero-order chi connectivity index (χ0) is 16.7. The molecular weight excluding hydrogens is 304 g/mol. The molecule has 0 fully saturated rings. The largest absolute Gasteiger partial charge is 0.363 e. The van der Waals surface area contributed by atoms with Gasteiger partial charge in [-0.25, -0.2) is 9.97 Å². The normalized spacial score (nSPS) is 12.6. The van der Waals surface area contributed by atoms with Crippen molar-refractivity contribution in [3.8, 4) is 0 Å². The first-order valence-electron chi connectivity index (χ1n) is 7.67. The maximum absolute atomic E-state index is 11.7. The van der Waals surface area contributed by atoms with Crippen molar-refractivity contribution in [2.24, 2.45) is 0 Å². The lowest BCUT2D eigenvalue weighted by Crippen LogP contribution is -2.11. The molecule has 0 aliphatic heterocycles. The SMILES string of the molecule is Cc1nc(NC(C)c2cccc3[nH]ncc23)c2cc(=O)[nH]cc2n1. The molecule has 7 nitrogen and oxygen atoms in total. The van der Waals surface area contributed by atoms with Crippen LogP contribution < -0.4 is 10.9 Å². The molecule has 4 rings (SSSR count). The molecule has 0 saturated heterocycles. The summed E-state index contributed by atoms with van der Waals surface area (Å²) in [5, 5.41) is 12.2. The van der Waals surface area contributed by atoms with E-state index >= 15 is 0 Å². The first kappa shape index (κ1) is 14.4. The fraction of sp³-hybridized carbons (Fsp3) is 0.176. The number of rotatable bonds is 3. The highest BCUT2D eigenvalue weighted by Crippen LogP contribution is 2.27. The van der Waals surface area contributed by atoms with Gasteiger partial charge in [-0.2, -0.15) is 5.10 Å². The van der Waals surface area contributed by atoms with Crippen LogP contribution in [0.4, 0.5) is 5.82 Å². The quantitative estimate of drug-likeness (QED) is 0.539. The van der Waals surface area contributed by atoms with Crippen LogP contribution in [0.3, 0.4) is 0 Å². The van der Waals surface area contributed by atoms with E-state index in [-0.39, 0.29) is 11.6 Å². The van der Waals surface area contributed by atoms with E-state index in [0.717, 1.165) is 16.5 Å². The highest BCUT2D eigenvalue weighted by atomic mass is 16.1. The molecule has 3 N–H and O–H groups in total. The summed E-state index contributed by atoms with van der Waals surface area (Å²) >= 11 is 0. The minimum Gasteiger partial charge on any atom is -0.363 e. The fourth-order valence-corrected chi connectivity index (χ4v) is 2.93. The Kier molecular flexibility index (Phi) is 3.26. The zero-order valence-electron chi connectivity index (χ0n) is 13.3. The minimum absolute atomic E-state index is 0.0110. The maximum atomic E-state index is 11.7. The Balaban J connectivity index is 1.80. The van der Waals surface area contributed by atoms with Gasteiger partial charge in [0.15, 0.2) is 0 Å². The van der Waals surface area contributed by atoms with Gasteiger partial charge in [0.1, 0.15) is 11.6 Å². The number of nitrogens with zero attached hydrogens (tertiary/aromatic N) is 3. The molecule has 3 aromatic heterocycles. The fourth-order valence-electron chi connectivity index (χ4n) is 2.93. The molecule has 1 unspecified atom stereocenters. The van der Waals surface area contributed by atoms with Gasteiger partial charge >= 0.3 is 0 Å². The third kappa shape index (κ3) is 2.40. The molecule has 0 radical (unpaired) electrons. The number of H-pyrrole nitrogens is 2. The van der Waals surface area contributed by atoms with E-state index in [9.17, 15) is 4.79 Å². The lowest BCUT2D eigenvalue weighted by molar-refractivity contribution is 0.880. The van der Waals surface area contributed by atoms with Gasteiger partial charge in [-0.1, -0.05) is 12.1 Å². The Morgan fingerprint density at radius 2 is 2.08 bits per heavy atom. The number of aryl methyl sites for hydroxylation is 1. The summed E-state index contributed by atoms with van der Waals surface area (Å²) in [6.45, 7) is 3.88. The first-order chi connectivity index (χ1) is 11.6. The second kappa shape index (κ2) is 5.45. The minimum atomic E-state index is -0.178. The third-order valence-corrected chi connectivity index (χ3v) is 4.05. The van der Waals surface area contributed by atoms with Crippen LogP contribution in [0, 0.1) is 6.92 Å². The van der Waals surface area contributed by atoms with Crippen LogP contribution in [0.5, 0.6) is 0 Å². The van der Waals surface area contributed by atoms with Crippen molar-refractivity contribution < 1.29 is 0 Å². The molecule has 24 heavy (non-hydrogen) atoms. The standard InChI is InChI=1S/C17H16N6O/c1-9(11-4-3-5-14-13(11)7-19-23-14)20-17-12-6-16(24)18-8-15(12)21-10(2)22-17/h3-9H,1-2H3,(H,18,24)(H,19,23)(H,20,21,22). The van der Waals surface area contributed by atoms with E-state index in [1.807, 2.05) is 25.3 Å². The van der Waals surface area contributed by atoms with Gasteiger partial charge in [-0.15, -0.1) is 0 Å². The molecule has 0 spiro atoms. The Morgan fingerprint density at radius 1 is 1.21 bits per heavy atom. The molecule has 0 aliphatic rings. The Labute approximate surface area is 137 Å². The number of fused-ring (bicyclic) bond motifs is 2. The number of hydrogen-bond donors (Lipinski definition) is 3. The molecule has 0 aliphatic carbocycles. The summed E-state index contributed by atoms with van der Waals surface area (Å²) in [4.78, 5) is 23.2. The maximum Gasteiger partial charge on any atom is 0.248 e. The summed E-state index contributed by atoms with van der Waals surface area (Å²) in [6, 6.07) is 7.54. The third-order valence-electron chi connectivity index (χ3n) is 4.05. The van der Waals surface area contributed by atoms with Gasteiger partial charge in [-0.3, -0.25) is 9.89 Å². The molecule has 7 heteroatoms. The first-order valence-corrected chi connectivity index (χ1v) is 7.67. The van der Waals surface area contributed by atoms with Gasteiger partial charge in [0, 0.05) is 23.0 Å². The number of aromatic amines is 2.